The molecule has 8 nitrogen and oxygen atoms in total. The molecule has 2 fully saturated rings. The van der Waals surface area contributed by atoms with Crippen LogP contribution in [0.2, 0.25) is 0 Å². The molecule has 4 aliphatic heterocycles. The van der Waals surface area contributed by atoms with E-state index in [2.05, 4.69) is 15.9 Å². The molecule has 3 aromatic rings. The number of benzene rings is 3. The van der Waals surface area contributed by atoms with Gasteiger partial charge in [-0.15, -0.1) is 0 Å². The molecule has 9 heteroatoms. The Morgan fingerprint density at radius 1 is 0.974 bits per heavy atom. The second-order valence-electron chi connectivity index (χ2n) is 9.60. The molecule has 4 aliphatic rings. The third kappa shape index (κ3) is 3.18. The number of carbonyl (C=O) groups is 3. The van der Waals surface area contributed by atoms with Gasteiger partial charge in [-0.3, -0.25) is 14.4 Å². The molecule has 0 aromatic heterocycles. The standard InChI is InChI=1S/C29H21BrN2O6/c1-36-20-8-6-16(12-19(20)30)27(33)26-24-23(25-18-5-3-2-4-15(18)10-11-31(25)26)28(34)32(29(24)35)17-7-9-21-22(13-17)38-14-37-21/h2-13,23-26H,14H2,1H3/t23-,24-,25+,26+/m0/s1. The van der Waals surface area contributed by atoms with Crippen LogP contribution < -0.4 is 19.1 Å². The van der Waals surface area contributed by atoms with Gasteiger partial charge in [0, 0.05) is 17.8 Å². The summed E-state index contributed by atoms with van der Waals surface area (Å²) in [6.07, 6.45) is 3.78. The minimum atomic E-state index is -0.859. The normalized spacial score (nSPS) is 24.4. The van der Waals surface area contributed by atoms with Crippen molar-refractivity contribution in [1.29, 1.82) is 0 Å². The van der Waals surface area contributed by atoms with Gasteiger partial charge in [0.15, 0.2) is 17.3 Å². The fourth-order valence-electron chi connectivity index (χ4n) is 6.13. The second-order valence-corrected chi connectivity index (χ2v) is 10.5. The van der Waals surface area contributed by atoms with Crippen molar-refractivity contribution in [2.75, 3.05) is 18.8 Å². The van der Waals surface area contributed by atoms with Crippen LogP contribution in [0.5, 0.6) is 17.2 Å². The Morgan fingerprint density at radius 3 is 2.58 bits per heavy atom. The first kappa shape index (κ1) is 23.0. The van der Waals surface area contributed by atoms with Crippen molar-refractivity contribution in [2.24, 2.45) is 11.8 Å². The minimum absolute atomic E-state index is 0.0834. The number of anilines is 1. The lowest BCUT2D eigenvalue weighted by molar-refractivity contribution is -0.123. The van der Waals surface area contributed by atoms with Gasteiger partial charge in [-0.1, -0.05) is 24.3 Å². The van der Waals surface area contributed by atoms with E-state index in [0.717, 1.165) is 11.1 Å². The van der Waals surface area contributed by atoms with E-state index in [0.29, 0.717) is 33.0 Å². The lowest BCUT2D eigenvalue weighted by Crippen LogP contribution is -2.44. The van der Waals surface area contributed by atoms with E-state index in [1.165, 1.54) is 4.90 Å². The van der Waals surface area contributed by atoms with Crippen LogP contribution >= 0.6 is 15.9 Å². The lowest BCUT2D eigenvalue weighted by atomic mass is 9.83. The molecule has 190 valence electrons. The molecule has 0 N–H and O–H groups in total. The minimum Gasteiger partial charge on any atom is -0.496 e. The molecule has 0 unspecified atom stereocenters. The smallest absolute Gasteiger partial charge is 0.240 e. The predicted molar refractivity (Wildman–Crippen MR) is 141 cm³/mol. The van der Waals surface area contributed by atoms with Crippen LogP contribution in [-0.2, 0) is 9.59 Å². The van der Waals surface area contributed by atoms with Crippen LogP contribution in [0.3, 0.4) is 0 Å². The zero-order valence-corrected chi connectivity index (χ0v) is 21.8. The summed E-state index contributed by atoms with van der Waals surface area (Å²) in [6.45, 7) is 0.0834. The number of hydrogen-bond donors (Lipinski definition) is 0. The highest BCUT2D eigenvalue weighted by molar-refractivity contribution is 9.10. The molecule has 38 heavy (non-hydrogen) atoms. The molecule has 0 saturated carbocycles. The Kier molecular flexibility index (Phi) is 5.13. The molecule has 0 spiro atoms. The van der Waals surface area contributed by atoms with E-state index >= 15 is 0 Å². The van der Waals surface area contributed by atoms with Gasteiger partial charge in [-0.2, -0.15) is 0 Å². The Labute approximate surface area is 226 Å². The Hall–Kier alpha value is -4.11. The number of nitrogens with zero attached hydrogens (tertiary/aromatic N) is 2. The molecule has 4 heterocycles. The highest BCUT2D eigenvalue weighted by Gasteiger charge is 2.64. The lowest BCUT2D eigenvalue weighted by Gasteiger charge is -2.35. The summed E-state index contributed by atoms with van der Waals surface area (Å²) in [7, 11) is 1.55. The van der Waals surface area contributed by atoms with Crippen molar-refractivity contribution < 1.29 is 28.6 Å². The van der Waals surface area contributed by atoms with Crippen LogP contribution in [0.1, 0.15) is 27.5 Å². The third-order valence-electron chi connectivity index (χ3n) is 7.78. The van der Waals surface area contributed by atoms with Crippen LogP contribution in [-0.4, -0.2) is 42.4 Å². The summed E-state index contributed by atoms with van der Waals surface area (Å²) < 4.78 is 16.8. The largest absolute Gasteiger partial charge is 0.496 e. The molecule has 4 atom stereocenters. The van der Waals surface area contributed by atoms with Crippen molar-refractivity contribution in [1.82, 2.24) is 4.90 Å². The number of fused-ring (bicyclic) bond motifs is 6. The first-order chi connectivity index (χ1) is 18.5. The molecule has 3 aromatic carbocycles. The first-order valence-electron chi connectivity index (χ1n) is 12.2. The van der Waals surface area contributed by atoms with E-state index in [9.17, 15) is 14.4 Å². The molecule has 0 bridgehead atoms. The Morgan fingerprint density at radius 2 is 1.76 bits per heavy atom. The molecule has 2 saturated heterocycles. The molecular formula is C29H21BrN2O6. The van der Waals surface area contributed by atoms with Gasteiger partial charge in [0.05, 0.1) is 35.1 Å². The molecule has 2 amide bonds. The van der Waals surface area contributed by atoms with E-state index in [1.807, 2.05) is 41.4 Å². The van der Waals surface area contributed by atoms with Crippen molar-refractivity contribution in [3.05, 3.63) is 88.0 Å². The topological polar surface area (TPSA) is 85.4 Å². The van der Waals surface area contributed by atoms with Gasteiger partial charge in [-0.05, 0) is 63.5 Å². The number of hydrogen-bond acceptors (Lipinski definition) is 7. The number of rotatable bonds is 4. The quantitative estimate of drug-likeness (QED) is 0.334. The first-order valence-corrected chi connectivity index (χ1v) is 13.0. The van der Waals surface area contributed by atoms with Crippen LogP contribution in [0.4, 0.5) is 5.69 Å². The predicted octanol–water partition coefficient (Wildman–Crippen LogP) is 4.58. The highest BCUT2D eigenvalue weighted by atomic mass is 79.9. The maximum atomic E-state index is 14.1. The zero-order valence-electron chi connectivity index (χ0n) is 20.2. The zero-order chi connectivity index (χ0) is 26.1. The number of amides is 2. The summed E-state index contributed by atoms with van der Waals surface area (Å²) in [6, 6.07) is 16.6. The number of imide groups is 1. The van der Waals surface area contributed by atoms with Crippen LogP contribution in [0.25, 0.3) is 6.08 Å². The van der Waals surface area contributed by atoms with Crippen LogP contribution in [0, 0.1) is 11.8 Å². The molecule has 7 rings (SSSR count). The number of carbonyl (C=O) groups excluding carboxylic acids is 3. The van der Waals surface area contributed by atoms with Gasteiger partial charge >= 0.3 is 0 Å². The SMILES string of the molecule is COc1ccc(C(=O)[C@H]2[C@H]3C(=O)N(c4ccc5c(c4)OCO5)C(=O)[C@@H]3[C@H]3c4ccccc4C=CN32)cc1Br. The van der Waals surface area contributed by atoms with Gasteiger partial charge in [0.1, 0.15) is 11.8 Å². The summed E-state index contributed by atoms with van der Waals surface area (Å²) in [5.41, 5.74) is 2.72. The monoisotopic (exact) mass is 572 g/mol. The Bertz CT molecular complexity index is 1570. The molecular weight excluding hydrogens is 552 g/mol. The van der Waals surface area contributed by atoms with E-state index < -0.39 is 29.8 Å². The average molecular weight is 573 g/mol. The van der Waals surface area contributed by atoms with E-state index in [4.69, 9.17) is 14.2 Å². The fourth-order valence-corrected chi connectivity index (χ4v) is 6.67. The van der Waals surface area contributed by atoms with Gasteiger partial charge in [0.2, 0.25) is 18.6 Å². The van der Waals surface area contributed by atoms with Crippen molar-refractivity contribution in [3.63, 3.8) is 0 Å². The van der Waals surface area contributed by atoms with Crippen LogP contribution in [0.15, 0.2) is 71.3 Å². The number of halogens is 1. The summed E-state index contributed by atoms with van der Waals surface area (Å²) in [5.74, 6) is -0.917. The van der Waals surface area contributed by atoms with Crippen molar-refractivity contribution >= 4 is 45.3 Å². The van der Waals surface area contributed by atoms with Gasteiger partial charge in [0.25, 0.3) is 0 Å². The second kappa shape index (κ2) is 8.46. The summed E-state index contributed by atoms with van der Waals surface area (Å²) in [5, 5.41) is 0. The number of ether oxygens (including phenoxy) is 3. The molecule has 0 aliphatic carbocycles. The van der Waals surface area contributed by atoms with Gasteiger partial charge in [-0.25, -0.2) is 4.90 Å². The summed E-state index contributed by atoms with van der Waals surface area (Å²) >= 11 is 3.46. The average Bonchev–Trinajstić information content (AvgIpc) is 3.61. The number of ketones is 1. The van der Waals surface area contributed by atoms with E-state index in [1.54, 1.807) is 43.5 Å². The maximum absolute atomic E-state index is 14.1. The fraction of sp³-hybridized carbons (Fsp3) is 0.207. The third-order valence-corrected chi connectivity index (χ3v) is 8.40. The number of Topliss-reactive ketones (excluding diaryl/α,β-unsaturated/α-hetero) is 1. The summed E-state index contributed by atoms with van der Waals surface area (Å²) in [4.78, 5) is 45.3. The van der Waals surface area contributed by atoms with Gasteiger partial charge < -0.3 is 19.1 Å². The number of methoxy groups -OCH3 is 1. The Balaban J connectivity index is 1.35. The highest BCUT2D eigenvalue weighted by Crippen LogP contribution is 2.54. The maximum Gasteiger partial charge on any atom is 0.240 e. The van der Waals surface area contributed by atoms with Crippen molar-refractivity contribution in [3.8, 4) is 17.2 Å². The van der Waals surface area contributed by atoms with Crippen molar-refractivity contribution in [2.45, 2.75) is 12.1 Å². The molecule has 0 radical (unpaired) electrons. The van der Waals surface area contributed by atoms with E-state index in [-0.39, 0.29) is 18.5 Å².